The lowest BCUT2D eigenvalue weighted by Crippen LogP contribution is -2.00. The first kappa shape index (κ1) is 31.6. The number of benzene rings is 7. The lowest BCUT2D eigenvalue weighted by molar-refractivity contribution is 0.620. The molecule has 0 unspecified atom stereocenters. The molecule has 6 nitrogen and oxygen atoms in total. The van der Waals surface area contributed by atoms with Crippen molar-refractivity contribution in [1.29, 1.82) is 0 Å². The molecular formula is C47H27N5OS2. The van der Waals surface area contributed by atoms with Crippen molar-refractivity contribution >= 4 is 64.2 Å². The molecule has 55 heavy (non-hydrogen) atoms. The van der Waals surface area contributed by atoms with Crippen LogP contribution in [0.5, 0.6) is 0 Å². The van der Waals surface area contributed by atoms with Gasteiger partial charge in [0.2, 0.25) is 5.89 Å². The zero-order valence-electron chi connectivity index (χ0n) is 29.0. The Bertz CT molecular complexity index is 3110. The summed E-state index contributed by atoms with van der Waals surface area (Å²) in [7, 11) is 0. The van der Waals surface area contributed by atoms with E-state index in [1.807, 2.05) is 96.3 Å². The van der Waals surface area contributed by atoms with Gasteiger partial charge in [-0.05, 0) is 53.6 Å². The van der Waals surface area contributed by atoms with E-state index in [2.05, 4.69) is 78.9 Å². The number of fused-ring (bicyclic) bond motifs is 5. The van der Waals surface area contributed by atoms with Crippen LogP contribution in [0, 0.1) is 0 Å². The highest BCUT2D eigenvalue weighted by Gasteiger charge is 2.18. The molecule has 0 saturated heterocycles. The van der Waals surface area contributed by atoms with Gasteiger partial charge in [-0.25, -0.2) is 24.9 Å². The van der Waals surface area contributed by atoms with Crippen LogP contribution in [0.3, 0.4) is 0 Å². The van der Waals surface area contributed by atoms with E-state index in [-0.39, 0.29) is 0 Å². The molecule has 0 N–H and O–H groups in total. The summed E-state index contributed by atoms with van der Waals surface area (Å²) in [4.78, 5) is 24.5. The van der Waals surface area contributed by atoms with Crippen molar-refractivity contribution in [3.05, 3.63) is 164 Å². The zero-order valence-corrected chi connectivity index (χ0v) is 30.7. The van der Waals surface area contributed by atoms with E-state index in [0.29, 0.717) is 28.9 Å². The summed E-state index contributed by atoms with van der Waals surface area (Å²) >= 11 is 3.59. The second-order valence-corrected chi connectivity index (χ2v) is 15.3. The van der Waals surface area contributed by atoms with Gasteiger partial charge in [-0.15, -0.1) is 22.7 Å². The summed E-state index contributed by atoms with van der Waals surface area (Å²) < 4.78 is 10.0. The second-order valence-electron chi connectivity index (χ2n) is 13.3. The summed E-state index contributed by atoms with van der Waals surface area (Å²) in [5.74, 6) is 2.37. The normalized spacial score (nSPS) is 11.6. The molecule has 7 aromatic carbocycles. The maximum absolute atomic E-state index is 6.30. The van der Waals surface area contributed by atoms with Gasteiger partial charge in [0.15, 0.2) is 23.1 Å². The Morgan fingerprint density at radius 1 is 0.382 bits per heavy atom. The van der Waals surface area contributed by atoms with Crippen LogP contribution in [-0.2, 0) is 0 Å². The number of rotatable bonds is 6. The number of thiazole rings is 1. The Labute approximate surface area is 323 Å². The van der Waals surface area contributed by atoms with Crippen molar-refractivity contribution in [2.75, 3.05) is 0 Å². The Morgan fingerprint density at radius 3 is 1.65 bits per heavy atom. The number of oxazole rings is 1. The van der Waals surface area contributed by atoms with Crippen LogP contribution in [-0.4, -0.2) is 24.9 Å². The predicted molar refractivity (Wildman–Crippen MR) is 226 cm³/mol. The lowest BCUT2D eigenvalue weighted by atomic mass is 10.0. The molecular weight excluding hydrogens is 715 g/mol. The van der Waals surface area contributed by atoms with Crippen LogP contribution in [0.15, 0.2) is 168 Å². The molecule has 0 bridgehead atoms. The van der Waals surface area contributed by atoms with E-state index in [0.717, 1.165) is 43.9 Å². The van der Waals surface area contributed by atoms with Gasteiger partial charge in [0, 0.05) is 48.0 Å². The molecule has 4 aromatic heterocycles. The number of nitrogens with zero attached hydrogens (tertiary/aromatic N) is 5. The summed E-state index contributed by atoms with van der Waals surface area (Å²) in [5, 5.41) is 3.56. The highest BCUT2D eigenvalue weighted by Crippen LogP contribution is 2.45. The molecule has 11 rings (SSSR count). The number of thiophene rings is 1. The Morgan fingerprint density at radius 2 is 0.964 bits per heavy atom. The van der Waals surface area contributed by atoms with Gasteiger partial charge < -0.3 is 4.42 Å². The van der Waals surface area contributed by atoms with Gasteiger partial charge in [-0.3, -0.25) is 0 Å². The first-order valence-corrected chi connectivity index (χ1v) is 19.5. The van der Waals surface area contributed by atoms with Gasteiger partial charge in [0.05, 0.1) is 10.2 Å². The first-order chi connectivity index (χ1) is 27.2. The molecule has 0 fully saturated rings. The van der Waals surface area contributed by atoms with Crippen LogP contribution in [0.2, 0.25) is 0 Å². The SMILES string of the molecule is c1ccc(-c2nc(-c3ccccc3)nc(-c3ccc4oc(-c5ccc(-c6cccc7c6sc6c(-c8nc9ccccc9s8)cccc67)cc5)nc4c3)n2)cc1. The van der Waals surface area contributed by atoms with E-state index in [9.17, 15) is 0 Å². The quantitative estimate of drug-likeness (QED) is 0.169. The van der Waals surface area contributed by atoms with Gasteiger partial charge >= 0.3 is 0 Å². The third-order valence-corrected chi connectivity index (χ3v) is 12.2. The predicted octanol–water partition coefficient (Wildman–Crippen LogP) is 13.0. The van der Waals surface area contributed by atoms with E-state index >= 15 is 0 Å². The molecule has 0 aliphatic rings. The smallest absolute Gasteiger partial charge is 0.227 e. The molecule has 0 spiro atoms. The summed E-state index contributed by atoms with van der Waals surface area (Å²) in [6.45, 7) is 0. The van der Waals surface area contributed by atoms with Gasteiger partial charge in [0.1, 0.15) is 10.5 Å². The number of para-hydroxylation sites is 1. The molecule has 0 saturated carbocycles. The summed E-state index contributed by atoms with van der Waals surface area (Å²) in [6, 6.07) is 55.9. The van der Waals surface area contributed by atoms with Crippen molar-refractivity contribution in [3.8, 4) is 67.3 Å². The average molecular weight is 742 g/mol. The fraction of sp³-hybridized carbons (Fsp3) is 0. The van der Waals surface area contributed by atoms with Gasteiger partial charge in [0.25, 0.3) is 0 Å². The van der Waals surface area contributed by atoms with Crippen molar-refractivity contribution in [1.82, 2.24) is 24.9 Å². The molecule has 4 heterocycles. The third-order valence-electron chi connectivity index (χ3n) is 9.84. The number of hydrogen-bond donors (Lipinski definition) is 0. The Kier molecular flexibility index (Phi) is 7.43. The van der Waals surface area contributed by atoms with Crippen molar-refractivity contribution in [3.63, 3.8) is 0 Å². The topological polar surface area (TPSA) is 77.6 Å². The molecule has 0 amide bonds. The summed E-state index contributed by atoms with van der Waals surface area (Å²) in [5.41, 5.74) is 9.58. The monoisotopic (exact) mass is 741 g/mol. The Hall–Kier alpha value is -6.87. The van der Waals surface area contributed by atoms with Crippen molar-refractivity contribution < 1.29 is 4.42 Å². The highest BCUT2D eigenvalue weighted by atomic mass is 32.1. The van der Waals surface area contributed by atoms with E-state index < -0.39 is 0 Å². The fourth-order valence-corrected chi connectivity index (χ4v) is 9.54. The molecule has 258 valence electrons. The average Bonchev–Trinajstić information content (AvgIpc) is 3.99. The standard InChI is InChI=1S/C47H27N5OS2/c1-3-11-29(12-4-1)43-50-44(30-13-5-2-6-14-30)52-45(51-43)32-25-26-39-38(27-32)48-46(53-39)31-23-21-28(22-24-31)33-15-9-16-34-35-17-10-18-36(42(35)55-41(33)34)47-49-37-19-7-8-20-40(37)54-47/h1-27H. The maximum atomic E-state index is 6.30. The minimum atomic E-state index is 0.560. The first-order valence-electron chi connectivity index (χ1n) is 17.9. The van der Waals surface area contributed by atoms with E-state index in [1.165, 1.54) is 36.0 Å². The minimum absolute atomic E-state index is 0.560. The summed E-state index contributed by atoms with van der Waals surface area (Å²) in [6.07, 6.45) is 0. The van der Waals surface area contributed by atoms with Crippen LogP contribution in [0.4, 0.5) is 0 Å². The Balaban J connectivity index is 0.938. The molecule has 8 heteroatoms. The fourth-order valence-electron chi connectivity index (χ4n) is 7.12. The van der Waals surface area contributed by atoms with Gasteiger partial charge in [-0.2, -0.15) is 0 Å². The number of aromatic nitrogens is 5. The van der Waals surface area contributed by atoms with E-state index in [4.69, 9.17) is 29.3 Å². The molecule has 0 atom stereocenters. The van der Waals surface area contributed by atoms with Crippen LogP contribution in [0.25, 0.3) is 109 Å². The van der Waals surface area contributed by atoms with E-state index in [1.54, 1.807) is 11.3 Å². The number of hydrogen-bond acceptors (Lipinski definition) is 8. The van der Waals surface area contributed by atoms with Crippen LogP contribution < -0.4 is 0 Å². The molecule has 0 radical (unpaired) electrons. The maximum Gasteiger partial charge on any atom is 0.227 e. The highest BCUT2D eigenvalue weighted by molar-refractivity contribution is 7.27. The second kappa shape index (κ2) is 12.9. The van der Waals surface area contributed by atoms with Crippen LogP contribution in [0.1, 0.15) is 0 Å². The lowest BCUT2D eigenvalue weighted by Gasteiger charge is -2.08. The minimum Gasteiger partial charge on any atom is -0.436 e. The van der Waals surface area contributed by atoms with Crippen LogP contribution >= 0.6 is 22.7 Å². The van der Waals surface area contributed by atoms with Crippen molar-refractivity contribution in [2.24, 2.45) is 0 Å². The zero-order chi connectivity index (χ0) is 36.3. The third kappa shape index (κ3) is 5.58. The molecule has 0 aliphatic heterocycles. The molecule has 11 aromatic rings. The molecule has 0 aliphatic carbocycles. The largest absolute Gasteiger partial charge is 0.436 e. The van der Waals surface area contributed by atoms with Gasteiger partial charge in [-0.1, -0.05) is 121 Å². The van der Waals surface area contributed by atoms with Crippen molar-refractivity contribution in [2.45, 2.75) is 0 Å².